The summed E-state index contributed by atoms with van der Waals surface area (Å²) in [5.41, 5.74) is 4.17. The number of hydrogen-bond acceptors (Lipinski definition) is 4. The molecule has 0 bridgehead atoms. The third-order valence-corrected chi connectivity index (χ3v) is 4.83. The fourth-order valence-electron chi connectivity index (χ4n) is 3.59. The molecule has 2 unspecified atom stereocenters. The monoisotopic (exact) mass is 330 g/mol. The molecule has 1 aliphatic heterocycles. The van der Waals surface area contributed by atoms with Gasteiger partial charge in [-0.25, -0.2) is 5.43 Å². The van der Waals surface area contributed by atoms with Crippen LogP contribution < -0.4 is 5.43 Å². The minimum atomic E-state index is -0.523. The molecule has 3 atom stereocenters. The van der Waals surface area contributed by atoms with Gasteiger partial charge in [0, 0.05) is 18.9 Å². The molecule has 2 fully saturated rings. The molecule has 1 aromatic rings. The van der Waals surface area contributed by atoms with Crippen molar-refractivity contribution in [2.75, 3.05) is 6.54 Å². The SMILES string of the molecule is CC(C)C[C@H](OCc1ccccc1)C(=O)N1NCC2CCC(=O)C21. The first-order chi connectivity index (χ1) is 11.6. The molecule has 1 heterocycles. The van der Waals surface area contributed by atoms with Gasteiger partial charge in [-0.2, -0.15) is 0 Å². The van der Waals surface area contributed by atoms with Gasteiger partial charge in [0.2, 0.25) is 0 Å². The summed E-state index contributed by atoms with van der Waals surface area (Å²) < 4.78 is 5.95. The van der Waals surface area contributed by atoms with E-state index in [-0.39, 0.29) is 23.7 Å². The molecule has 0 radical (unpaired) electrons. The average Bonchev–Trinajstić information content (AvgIpc) is 3.15. The van der Waals surface area contributed by atoms with Crippen molar-refractivity contribution in [1.29, 1.82) is 0 Å². The fourth-order valence-corrected chi connectivity index (χ4v) is 3.59. The Morgan fingerprint density at radius 1 is 1.33 bits per heavy atom. The summed E-state index contributed by atoms with van der Waals surface area (Å²) >= 11 is 0. The molecule has 130 valence electrons. The molecule has 1 saturated carbocycles. The number of hydrazine groups is 1. The van der Waals surface area contributed by atoms with E-state index in [2.05, 4.69) is 19.3 Å². The molecule has 1 N–H and O–H groups in total. The smallest absolute Gasteiger partial charge is 0.266 e. The molecule has 2 aliphatic rings. The number of ketones is 1. The van der Waals surface area contributed by atoms with Crippen LogP contribution in [0.25, 0.3) is 0 Å². The van der Waals surface area contributed by atoms with Gasteiger partial charge in [0.15, 0.2) is 5.78 Å². The topological polar surface area (TPSA) is 58.6 Å². The number of amides is 1. The van der Waals surface area contributed by atoms with Crippen LogP contribution in [0.4, 0.5) is 0 Å². The van der Waals surface area contributed by atoms with Crippen LogP contribution in [0.5, 0.6) is 0 Å². The zero-order valence-corrected chi connectivity index (χ0v) is 14.4. The van der Waals surface area contributed by atoms with Gasteiger partial charge in [0.05, 0.1) is 6.61 Å². The Balaban J connectivity index is 1.68. The molecule has 5 heteroatoms. The molecular formula is C19H26N2O3. The van der Waals surface area contributed by atoms with Gasteiger partial charge in [-0.1, -0.05) is 44.2 Å². The summed E-state index contributed by atoms with van der Waals surface area (Å²) in [6.45, 7) is 5.26. The van der Waals surface area contributed by atoms with Crippen molar-refractivity contribution in [2.45, 2.75) is 51.9 Å². The molecule has 1 aromatic carbocycles. The second kappa shape index (κ2) is 7.45. The Morgan fingerprint density at radius 3 is 2.79 bits per heavy atom. The molecule has 24 heavy (non-hydrogen) atoms. The Morgan fingerprint density at radius 2 is 2.08 bits per heavy atom. The standard InChI is InChI=1S/C19H26N2O3/c1-13(2)10-17(24-12-14-6-4-3-5-7-14)19(23)21-18-15(11-20-21)8-9-16(18)22/h3-7,13,15,17-18,20H,8-12H2,1-2H3/t15?,17-,18?/m0/s1. The van der Waals surface area contributed by atoms with E-state index in [1.54, 1.807) is 5.01 Å². The van der Waals surface area contributed by atoms with E-state index < -0.39 is 6.10 Å². The van der Waals surface area contributed by atoms with Gasteiger partial charge in [-0.05, 0) is 24.3 Å². The van der Waals surface area contributed by atoms with Crippen LogP contribution in [-0.2, 0) is 20.9 Å². The highest BCUT2D eigenvalue weighted by Gasteiger charge is 2.47. The largest absolute Gasteiger partial charge is 0.364 e. The predicted octanol–water partition coefficient (Wildman–Crippen LogP) is 2.31. The van der Waals surface area contributed by atoms with Gasteiger partial charge in [-0.15, -0.1) is 0 Å². The maximum Gasteiger partial charge on any atom is 0.266 e. The highest BCUT2D eigenvalue weighted by atomic mass is 16.5. The number of carbonyl (C=O) groups is 2. The number of fused-ring (bicyclic) bond motifs is 1. The van der Waals surface area contributed by atoms with Gasteiger partial charge < -0.3 is 4.74 Å². The van der Waals surface area contributed by atoms with Crippen molar-refractivity contribution in [3.63, 3.8) is 0 Å². The van der Waals surface area contributed by atoms with Crippen LogP contribution in [0.1, 0.15) is 38.7 Å². The fraction of sp³-hybridized carbons (Fsp3) is 0.579. The summed E-state index contributed by atoms with van der Waals surface area (Å²) in [6.07, 6.45) is 1.58. The third kappa shape index (κ3) is 3.68. The highest BCUT2D eigenvalue weighted by molar-refractivity contribution is 5.92. The predicted molar refractivity (Wildman–Crippen MR) is 90.8 cm³/mol. The van der Waals surface area contributed by atoms with E-state index >= 15 is 0 Å². The number of carbonyl (C=O) groups excluding carboxylic acids is 2. The number of ether oxygens (including phenoxy) is 1. The first-order valence-electron chi connectivity index (χ1n) is 8.81. The van der Waals surface area contributed by atoms with Crippen molar-refractivity contribution >= 4 is 11.7 Å². The van der Waals surface area contributed by atoms with E-state index in [9.17, 15) is 9.59 Å². The Bertz CT molecular complexity index is 588. The maximum atomic E-state index is 13.0. The van der Waals surface area contributed by atoms with Gasteiger partial charge >= 0.3 is 0 Å². The lowest BCUT2D eigenvalue weighted by atomic mass is 10.0. The minimum Gasteiger partial charge on any atom is -0.364 e. The maximum absolute atomic E-state index is 13.0. The summed E-state index contributed by atoms with van der Waals surface area (Å²) in [6, 6.07) is 9.56. The molecule has 1 saturated heterocycles. The zero-order chi connectivity index (χ0) is 17.1. The van der Waals surface area contributed by atoms with Crippen LogP contribution in [0.15, 0.2) is 30.3 Å². The minimum absolute atomic E-state index is 0.109. The molecule has 0 aromatic heterocycles. The third-order valence-electron chi connectivity index (χ3n) is 4.83. The van der Waals surface area contributed by atoms with Gasteiger partial charge in [0.25, 0.3) is 5.91 Å². The summed E-state index contributed by atoms with van der Waals surface area (Å²) in [5.74, 6) is 0.662. The van der Waals surface area contributed by atoms with Gasteiger partial charge in [0.1, 0.15) is 12.1 Å². The lowest BCUT2D eigenvalue weighted by Crippen LogP contribution is -2.50. The van der Waals surface area contributed by atoms with Crippen molar-refractivity contribution in [3.8, 4) is 0 Å². The van der Waals surface area contributed by atoms with E-state index in [1.807, 2.05) is 30.3 Å². The first-order valence-corrected chi connectivity index (χ1v) is 8.81. The number of Topliss-reactive ketones (excluding diaryl/α,β-unsaturated/α-hetero) is 1. The van der Waals surface area contributed by atoms with E-state index in [1.165, 1.54) is 0 Å². The van der Waals surface area contributed by atoms with E-state index in [0.717, 1.165) is 12.0 Å². The van der Waals surface area contributed by atoms with Crippen molar-refractivity contribution in [1.82, 2.24) is 10.4 Å². The number of benzene rings is 1. The van der Waals surface area contributed by atoms with Crippen LogP contribution in [0.3, 0.4) is 0 Å². The first kappa shape index (κ1) is 17.1. The Hall–Kier alpha value is -1.72. The quantitative estimate of drug-likeness (QED) is 0.869. The van der Waals surface area contributed by atoms with Crippen molar-refractivity contribution < 1.29 is 14.3 Å². The normalized spacial score (nSPS) is 24.5. The summed E-state index contributed by atoms with van der Waals surface area (Å²) in [5, 5.41) is 1.55. The van der Waals surface area contributed by atoms with Crippen molar-refractivity contribution in [3.05, 3.63) is 35.9 Å². The summed E-state index contributed by atoms with van der Waals surface area (Å²) in [4.78, 5) is 25.1. The number of nitrogens with zero attached hydrogens (tertiary/aromatic N) is 1. The second-order valence-electron chi connectivity index (χ2n) is 7.20. The number of rotatable bonds is 6. The van der Waals surface area contributed by atoms with E-state index in [4.69, 9.17) is 4.74 Å². The summed E-state index contributed by atoms with van der Waals surface area (Å²) in [7, 11) is 0. The second-order valence-corrected chi connectivity index (χ2v) is 7.20. The van der Waals surface area contributed by atoms with Crippen molar-refractivity contribution in [2.24, 2.45) is 11.8 Å². The molecule has 3 rings (SSSR count). The molecule has 1 aliphatic carbocycles. The van der Waals surface area contributed by atoms with E-state index in [0.29, 0.717) is 31.9 Å². The number of nitrogens with one attached hydrogen (secondary N) is 1. The molecule has 5 nitrogen and oxygen atoms in total. The zero-order valence-electron chi connectivity index (χ0n) is 14.4. The average molecular weight is 330 g/mol. The molecule has 0 spiro atoms. The van der Waals surface area contributed by atoms with Crippen LogP contribution in [0.2, 0.25) is 0 Å². The molecule has 1 amide bonds. The Labute approximate surface area is 143 Å². The van der Waals surface area contributed by atoms with Gasteiger partial charge in [-0.3, -0.25) is 14.6 Å². The Kier molecular flexibility index (Phi) is 5.31. The lowest BCUT2D eigenvalue weighted by molar-refractivity contribution is -0.152. The van der Waals surface area contributed by atoms with Crippen LogP contribution in [-0.4, -0.2) is 35.4 Å². The van der Waals surface area contributed by atoms with Crippen LogP contribution in [0, 0.1) is 11.8 Å². The molecular weight excluding hydrogens is 304 g/mol. The highest BCUT2D eigenvalue weighted by Crippen LogP contribution is 2.31. The lowest BCUT2D eigenvalue weighted by Gasteiger charge is -2.28. The number of hydrogen-bond donors (Lipinski definition) is 1. The van der Waals surface area contributed by atoms with Crippen LogP contribution >= 0.6 is 0 Å².